The molecule has 0 unspecified atom stereocenters. The average molecular weight is 425 g/mol. The maximum atomic E-state index is 12.5. The van der Waals surface area contributed by atoms with E-state index in [1.807, 2.05) is 0 Å². The second kappa shape index (κ2) is 8.02. The van der Waals surface area contributed by atoms with Crippen LogP contribution < -0.4 is 5.32 Å². The number of thioether (sulfide) groups is 1. The molecule has 0 aliphatic carbocycles. The maximum absolute atomic E-state index is 12.5. The Morgan fingerprint density at radius 3 is 2.75 bits per heavy atom. The lowest BCUT2D eigenvalue weighted by Gasteiger charge is -2.49. The Labute approximate surface area is 166 Å². The molecule has 148 valence electrons. The number of thiophene rings is 1. The molecule has 1 aromatic heterocycles. The smallest absolute Gasteiger partial charge is 0.352 e. The number of carboxylic acid groups (broad SMARTS) is 1. The second-order valence-corrected chi connectivity index (χ2v) is 7.74. The van der Waals surface area contributed by atoms with Gasteiger partial charge in [0.25, 0.3) is 11.8 Å². The van der Waals surface area contributed by atoms with E-state index in [9.17, 15) is 24.3 Å². The number of ether oxygens (including phenoxy) is 1. The number of rotatable bonds is 6. The summed E-state index contributed by atoms with van der Waals surface area (Å²) in [5.74, 6) is -3.01. The van der Waals surface area contributed by atoms with Gasteiger partial charge in [0.2, 0.25) is 0 Å². The van der Waals surface area contributed by atoms with Gasteiger partial charge in [-0.2, -0.15) is 11.3 Å². The Hall–Kier alpha value is -2.86. The largest absolute Gasteiger partial charge is 0.477 e. The SMILES string of the molecule is CC(=O)OCC1=C(C(=O)O)N2C(=O)[C@@H](NC(=O)C(=NO)c3ccsc3)[C@@H]2SC1. The molecule has 2 atom stereocenters. The highest BCUT2D eigenvalue weighted by Gasteiger charge is 2.54. The summed E-state index contributed by atoms with van der Waals surface area (Å²) in [6, 6.07) is 0.633. The van der Waals surface area contributed by atoms with E-state index in [4.69, 9.17) is 9.94 Å². The van der Waals surface area contributed by atoms with Crippen molar-refractivity contribution in [1.29, 1.82) is 0 Å². The summed E-state index contributed by atoms with van der Waals surface area (Å²) < 4.78 is 4.86. The summed E-state index contributed by atoms with van der Waals surface area (Å²) in [5.41, 5.74) is 0.227. The molecule has 3 rings (SSSR count). The summed E-state index contributed by atoms with van der Waals surface area (Å²) in [5, 5.41) is 26.8. The molecule has 28 heavy (non-hydrogen) atoms. The number of carboxylic acids is 1. The zero-order valence-corrected chi connectivity index (χ0v) is 16.1. The summed E-state index contributed by atoms with van der Waals surface area (Å²) in [7, 11) is 0. The van der Waals surface area contributed by atoms with Crippen LogP contribution >= 0.6 is 23.1 Å². The molecule has 3 N–H and O–H groups in total. The molecule has 2 aliphatic rings. The number of carbonyl (C=O) groups is 4. The maximum Gasteiger partial charge on any atom is 0.352 e. The number of amides is 2. The van der Waals surface area contributed by atoms with Crippen LogP contribution in [0.15, 0.2) is 33.3 Å². The van der Waals surface area contributed by atoms with Gasteiger partial charge in [-0.05, 0) is 11.4 Å². The standard InChI is InChI=1S/C16H15N3O7S2/c1-7(20)26-4-9-6-28-15-11(14(22)19(15)12(9)16(23)24)17-13(21)10(18-25)8-2-3-27-5-8/h2-3,5,11,15,25H,4,6H2,1H3,(H,17,21)(H,23,24)/t11-,15+/m1/s1. The Morgan fingerprint density at radius 2 is 2.18 bits per heavy atom. The van der Waals surface area contributed by atoms with Gasteiger partial charge in [0.05, 0.1) is 0 Å². The number of fused-ring (bicyclic) bond motifs is 1. The third kappa shape index (κ3) is 3.60. The number of β-lactam (4-membered cyclic amide) rings is 1. The van der Waals surface area contributed by atoms with Crippen molar-refractivity contribution in [3.8, 4) is 0 Å². The zero-order chi connectivity index (χ0) is 20.4. The Balaban J connectivity index is 1.76. The van der Waals surface area contributed by atoms with Crippen molar-refractivity contribution < 1.29 is 34.2 Å². The van der Waals surface area contributed by atoms with Crippen LogP contribution in [-0.2, 0) is 23.9 Å². The predicted octanol–water partition coefficient (Wildman–Crippen LogP) is 0.228. The van der Waals surface area contributed by atoms with Crippen LogP contribution in [0.2, 0.25) is 0 Å². The minimum absolute atomic E-state index is 0.223. The summed E-state index contributed by atoms with van der Waals surface area (Å²) in [4.78, 5) is 48.6. The van der Waals surface area contributed by atoms with Gasteiger partial charge in [0, 0.05) is 29.2 Å². The Kier molecular flexibility index (Phi) is 5.70. The van der Waals surface area contributed by atoms with Crippen molar-refractivity contribution in [3.63, 3.8) is 0 Å². The molecular formula is C16H15N3O7S2. The van der Waals surface area contributed by atoms with E-state index in [0.717, 1.165) is 4.90 Å². The van der Waals surface area contributed by atoms with Crippen molar-refractivity contribution in [2.24, 2.45) is 5.16 Å². The molecule has 0 radical (unpaired) electrons. The lowest BCUT2D eigenvalue weighted by molar-refractivity contribution is -0.150. The van der Waals surface area contributed by atoms with Gasteiger partial charge in [-0.3, -0.25) is 19.3 Å². The van der Waals surface area contributed by atoms with Gasteiger partial charge in [0.15, 0.2) is 5.71 Å². The van der Waals surface area contributed by atoms with Crippen molar-refractivity contribution in [1.82, 2.24) is 10.2 Å². The topological polar surface area (TPSA) is 146 Å². The summed E-state index contributed by atoms with van der Waals surface area (Å²) in [6.07, 6.45) is 0. The van der Waals surface area contributed by atoms with E-state index in [2.05, 4.69) is 10.5 Å². The fourth-order valence-electron chi connectivity index (χ4n) is 2.83. The quantitative estimate of drug-likeness (QED) is 0.193. The molecular weight excluding hydrogens is 410 g/mol. The van der Waals surface area contributed by atoms with E-state index in [0.29, 0.717) is 11.1 Å². The first-order valence-corrected chi connectivity index (χ1v) is 9.93. The van der Waals surface area contributed by atoms with Gasteiger partial charge < -0.3 is 20.4 Å². The van der Waals surface area contributed by atoms with Gasteiger partial charge >= 0.3 is 11.9 Å². The van der Waals surface area contributed by atoms with Crippen LogP contribution in [0.3, 0.4) is 0 Å². The molecule has 2 aliphatic heterocycles. The Bertz CT molecular complexity index is 894. The van der Waals surface area contributed by atoms with Crippen LogP contribution in [0, 0.1) is 0 Å². The van der Waals surface area contributed by atoms with E-state index in [1.54, 1.807) is 16.8 Å². The number of aliphatic carboxylic acids is 1. The van der Waals surface area contributed by atoms with Crippen molar-refractivity contribution in [3.05, 3.63) is 33.7 Å². The van der Waals surface area contributed by atoms with Crippen molar-refractivity contribution in [2.75, 3.05) is 12.4 Å². The number of esters is 1. The number of hydrogen-bond acceptors (Lipinski definition) is 9. The van der Waals surface area contributed by atoms with Crippen LogP contribution in [0.1, 0.15) is 12.5 Å². The predicted molar refractivity (Wildman–Crippen MR) is 99.0 cm³/mol. The second-order valence-electron chi connectivity index (χ2n) is 5.86. The number of hydrogen-bond donors (Lipinski definition) is 3. The fourth-order valence-corrected chi connectivity index (χ4v) is 4.79. The molecule has 10 nitrogen and oxygen atoms in total. The number of nitrogens with one attached hydrogen (secondary N) is 1. The molecule has 1 fully saturated rings. The highest BCUT2D eigenvalue weighted by atomic mass is 32.2. The summed E-state index contributed by atoms with van der Waals surface area (Å²) in [6.45, 7) is 0.977. The third-order valence-electron chi connectivity index (χ3n) is 4.10. The van der Waals surface area contributed by atoms with Crippen LogP contribution in [0.5, 0.6) is 0 Å². The highest BCUT2D eigenvalue weighted by Crippen LogP contribution is 2.40. The van der Waals surface area contributed by atoms with E-state index >= 15 is 0 Å². The average Bonchev–Trinajstić information content (AvgIpc) is 3.18. The van der Waals surface area contributed by atoms with Crippen molar-refractivity contribution >= 4 is 52.6 Å². The number of oxime groups is 1. The molecule has 0 bridgehead atoms. The molecule has 1 aromatic rings. The van der Waals surface area contributed by atoms with E-state index < -0.39 is 35.2 Å². The normalized spacial score (nSPS) is 21.7. The van der Waals surface area contributed by atoms with Crippen molar-refractivity contribution in [2.45, 2.75) is 18.3 Å². The molecule has 2 amide bonds. The van der Waals surface area contributed by atoms with E-state index in [-0.39, 0.29) is 23.8 Å². The van der Waals surface area contributed by atoms with Crippen LogP contribution in [0.4, 0.5) is 0 Å². The minimum atomic E-state index is -1.32. The summed E-state index contributed by atoms with van der Waals surface area (Å²) >= 11 is 2.55. The highest BCUT2D eigenvalue weighted by molar-refractivity contribution is 8.00. The molecule has 0 aromatic carbocycles. The van der Waals surface area contributed by atoms with Crippen LogP contribution in [0.25, 0.3) is 0 Å². The molecule has 1 saturated heterocycles. The first kappa shape index (κ1) is 19.9. The minimum Gasteiger partial charge on any atom is -0.477 e. The van der Waals surface area contributed by atoms with Gasteiger partial charge in [-0.25, -0.2) is 4.79 Å². The number of nitrogens with zero attached hydrogens (tertiary/aromatic N) is 2. The Morgan fingerprint density at radius 1 is 1.43 bits per heavy atom. The fraction of sp³-hybridized carbons (Fsp3) is 0.312. The zero-order valence-electron chi connectivity index (χ0n) is 14.4. The number of carbonyl (C=O) groups excluding carboxylic acids is 3. The monoisotopic (exact) mass is 425 g/mol. The first-order chi connectivity index (χ1) is 13.3. The van der Waals surface area contributed by atoms with Crippen LogP contribution in [-0.4, -0.2) is 68.5 Å². The lowest BCUT2D eigenvalue weighted by Crippen LogP contribution is -2.71. The van der Waals surface area contributed by atoms with Gasteiger partial charge in [-0.15, -0.1) is 11.8 Å². The van der Waals surface area contributed by atoms with Gasteiger partial charge in [-0.1, -0.05) is 5.16 Å². The third-order valence-corrected chi connectivity index (χ3v) is 6.12. The van der Waals surface area contributed by atoms with E-state index in [1.165, 1.54) is 30.0 Å². The lowest BCUT2D eigenvalue weighted by atomic mass is 10.0. The molecule has 12 heteroatoms. The molecule has 0 saturated carbocycles. The molecule has 0 spiro atoms. The molecule has 3 heterocycles. The van der Waals surface area contributed by atoms with Gasteiger partial charge in [0.1, 0.15) is 23.7 Å². The first-order valence-electron chi connectivity index (χ1n) is 7.94.